The summed E-state index contributed by atoms with van der Waals surface area (Å²) < 4.78 is 20.1. The highest BCUT2D eigenvalue weighted by Crippen LogP contribution is 2.32. The van der Waals surface area contributed by atoms with Crippen LogP contribution in [0.2, 0.25) is 0 Å². The second kappa shape index (κ2) is 5.94. The van der Waals surface area contributed by atoms with Crippen LogP contribution in [0.15, 0.2) is 22.7 Å². The Labute approximate surface area is 110 Å². The van der Waals surface area contributed by atoms with Gasteiger partial charge in [0.25, 0.3) is 0 Å². The van der Waals surface area contributed by atoms with E-state index in [1.165, 1.54) is 0 Å². The van der Waals surface area contributed by atoms with E-state index in [1.54, 1.807) is 6.07 Å². The van der Waals surface area contributed by atoms with Crippen molar-refractivity contribution >= 4 is 15.9 Å². The number of ether oxygens (including phenoxy) is 1. The Balaban J connectivity index is 2.24. The lowest BCUT2D eigenvalue weighted by atomic mass is 9.88. The molecule has 0 bridgehead atoms. The third-order valence-corrected chi connectivity index (χ3v) is 3.91. The van der Waals surface area contributed by atoms with Crippen LogP contribution < -0.4 is 5.32 Å². The van der Waals surface area contributed by atoms with E-state index in [2.05, 4.69) is 21.2 Å². The average molecular weight is 302 g/mol. The average Bonchev–Trinajstić information content (AvgIpc) is 2.37. The molecular weight excluding hydrogens is 285 g/mol. The molecule has 0 aromatic heterocycles. The van der Waals surface area contributed by atoms with Crippen LogP contribution in [0.1, 0.15) is 24.4 Å². The van der Waals surface area contributed by atoms with Gasteiger partial charge in [-0.15, -0.1) is 0 Å². The minimum atomic E-state index is -0.169. The fraction of sp³-hybridized carbons (Fsp3) is 0.538. The molecule has 1 saturated heterocycles. The van der Waals surface area contributed by atoms with Crippen LogP contribution in [0.3, 0.4) is 0 Å². The summed E-state index contributed by atoms with van der Waals surface area (Å²) >= 11 is 3.23. The molecule has 1 N–H and O–H groups in total. The molecule has 94 valence electrons. The van der Waals surface area contributed by atoms with E-state index >= 15 is 0 Å². The van der Waals surface area contributed by atoms with Crippen molar-refractivity contribution in [3.05, 3.63) is 34.1 Å². The van der Waals surface area contributed by atoms with Gasteiger partial charge in [-0.05, 0) is 41.9 Å². The Morgan fingerprint density at radius 2 is 2.35 bits per heavy atom. The molecule has 1 aliphatic heterocycles. The number of benzene rings is 1. The lowest BCUT2D eigenvalue weighted by Crippen LogP contribution is -2.32. The molecule has 2 atom stereocenters. The molecule has 2 rings (SSSR count). The van der Waals surface area contributed by atoms with Crippen LogP contribution in [-0.4, -0.2) is 20.3 Å². The third kappa shape index (κ3) is 2.87. The van der Waals surface area contributed by atoms with E-state index in [0.717, 1.165) is 25.0 Å². The minimum Gasteiger partial charge on any atom is -0.381 e. The molecule has 2 unspecified atom stereocenters. The first kappa shape index (κ1) is 13.0. The number of rotatable bonds is 3. The summed E-state index contributed by atoms with van der Waals surface area (Å²) in [5.41, 5.74) is 0.720. The minimum absolute atomic E-state index is 0.0211. The summed E-state index contributed by atoms with van der Waals surface area (Å²) in [6.07, 6.45) is 2.13. The monoisotopic (exact) mass is 301 g/mol. The van der Waals surface area contributed by atoms with E-state index in [1.807, 2.05) is 19.2 Å². The van der Waals surface area contributed by atoms with Gasteiger partial charge in [-0.25, -0.2) is 4.39 Å². The van der Waals surface area contributed by atoms with Crippen LogP contribution in [0, 0.1) is 11.7 Å². The molecule has 1 heterocycles. The van der Waals surface area contributed by atoms with Crippen molar-refractivity contribution in [2.45, 2.75) is 18.9 Å². The molecule has 1 aromatic rings. The maximum Gasteiger partial charge on any atom is 0.142 e. The highest BCUT2D eigenvalue weighted by Gasteiger charge is 2.26. The zero-order chi connectivity index (χ0) is 12.3. The van der Waals surface area contributed by atoms with Gasteiger partial charge in [-0.3, -0.25) is 0 Å². The van der Waals surface area contributed by atoms with Gasteiger partial charge in [0.2, 0.25) is 0 Å². The Morgan fingerprint density at radius 3 is 3.00 bits per heavy atom. The maximum atomic E-state index is 14.1. The van der Waals surface area contributed by atoms with Crippen LogP contribution in [0.5, 0.6) is 0 Å². The fourth-order valence-corrected chi connectivity index (χ4v) is 2.82. The maximum absolute atomic E-state index is 14.1. The van der Waals surface area contributed by atoms with Gasteiger partial charge < -0.3 is 10.1 Å². The largest absolute Gasteiger partial charge is 0.381 e. The van der Waals surface area contributed by atoms with Gasteiger partial charge in [-0.1, -0.05) is 12.1 Å². The number of halogens is 2. The first-order valence-electron chi connectivity index (χ1n) is 5.93. The van der Waals surface area contributed by atoms with Crippen LogP contribution in [0.4, 0.5) is 4.39 Å². The van der Waals surface area contributed by atoms with E-state index in [0.29, 0.717) is 17.0 Å². The molecule has 1 fully saturated rings. The van der Waals surface area contributed by atoms with Crippen molar-refractivity contribution in [3.8, 4) is 0 Å². The first-order valence-corrected chi connectivity index (χ1v) is 6.72. The molecule has 1 aliphatic rings. The standard InChI is InChI=1S/C13H17BrFNO/c1-16-13(9-4-3-7-17-8-9)10-5-2-6-11(14)12(10)15/h2,5-6,9,13,16H,3-4,7-8H2,1H3. The summed E-state index contributed by atoms with van der Waals surface area (Å²) in [6, 6.07) is 5.46. The fourth-order valence-electron chi connectivity index (χ4n) is 2.43. The van der Waals surface area contributed by atoms with Crippen molar-refractivity contribution in [1.29, 1.82) is 0 Å². The topological polar surface area (TPSA) is 21.3 Å². The van der Waals surface area contributed by atoms with Crippen molar-refractivity contribution in [3.63, 3.8) is 0 Å². The van der Waals surface area contributed by atoms with Crippen molar-refractivity contribution in [1.82, 2.24) is 5.32 Å². The van der Waals surface area contributed by atoms with Crippen molar-refractivity contribution < 1.29 is 9.13 Å². The van der Waals surface area contributed by atoms with Gasteiger partial charge in [0.05, 0.1) is 11.1 Å². The summed E-state index contributed by atoms with van der Waals surface area (Å²) in [6.45, 7) is 1.53. The Bertz CT molecular complexity index is 380. The van der Waals surface area contributed by atoms with Gasteiger partial charge in [0, 0.05) is 24.1 Å². The Hall–Kier alpha value is -0.450. The second-order valence-electron chi connectivity index (χ2n) is 4.39. The zero-order valence-electron chi connectivity index (χ0n) is 9.88. The van der Waals surface area contributed by atoms with Crippen LogP contribution >= 0.6 is 15.9 Å². The SMILES string of the molecule is CNC(c1cccc(Br)c1F)C1CCCOC1. The molecule has 0 amide bonds. The molecule has 0 aliphatic carbocycles. The summed E-state index contributed by atoms with van der Waals surface area (Å²) in [4.78, 5) is 0. The van der Waals surface area contributed by atoms with Crippen LogP contribution in [-0.2, 0) is 4.74 Å². The van der Waals surface area contributed by atoms with Crippen LogP contribution in [0.25, 0.3) is 0 Å². The molecule has 0 radical (unpaired) electrons. The normalized spacial score (nSPS) is 22.4. The van der Waals surface area contributed by atoms with E-state index in [4.69, 9.17) is 4.74 Å². The molecule has 17 heavy (non-hydrogen) atoms. The lowest BCUT2D eigenvalue weighted by molar-refractivity contribution is 0.0397. The zero-order valence-corrected chi connectivity index (χ0v) is 11.5. The highest BCUT2D eigenvalue weighted by atomic mass is 79.9. The molecule has 4 heteroatoms. The molecule has 2 nitrogen and oxygen atoms in total. The smallest absolute Gasteiger partial charge is 0.142 e. The quantitative estimate of drug-likeness (QED) is 0.925. The predicted molar refractivity (Wildman–Crippen MR) is 69.4 cm³/mol. The number of nitrogens with one attached hydrogen (secondary N) is 1. The Morgan fingerprint density at radius 1 is 1.53 bits per heavy atom. The van der Waals surface area contributed by atoms with Gasteiger partial charge in [0.15, 0.2) is 0 Å². The first-order chi connectivity index (χ1) is 8.24. The Kier molecular flexibility index (Phi) is 4.54. The number of hydrogen-bond acceptors (Lipinski definition) is 2. The molecular formula is C13H17BrFNO. The van der Waals surface area contributed by atoms with E-state index in [-0.39, 0.29) is 11.9 Å². The van der Waals surface area contributed by atoms with E-state index in [9.17, 15) is 4.39 Å². The third-order valence-electron chi connectivity index (χ3n) is 3.29. The van der Waals surface area contributed by atoms with Crippen molar-refractivity contribution in [2.24, 2.45) is 5.92 Å². The highest BCUT2D eigenvalue weighted by molar-refractivity contribution is 9.10. The van der Waals surface area contributed by atoms with Gasteiger partial charge >= 0.3 is 0 Å². The number of hydrogen-bond donors (Lipinski definition) is 1. The summed E-state index contributed by atoms with van der Waals surface area (Å²) in [5, 5.41) is 3.22. The molecule has 0 spiro atoms. The second-order valence-corrected chi connectivity index (χ2v) is 5.24. The van der Waals surface area contributed by atoms with E-state index < -0.39 is 0 Å². The van der Waals surface area contributed by atoms with Crippen molar-refractivity contribution in [2.75, 3.05) is 20.3 Å². The van der Waals surface area contributed by atoms with Gasteiger partial charge in [-0.2, -0.15) is 0 Å². The summed E-state index contributed by atoms with van der Waals surface area (Å²) in [7, 11) is 1.87. The molecule has 1 aromatic carbocycles. The lowest BCUT2D eigenvalue weighted by Gasteiger charge is -2.30. The van der Waals surface area contributed by atoms with Gasteiger partial charge in [0.1, 0.15) is 5.82 Å². The summed E-state index contributed by atoms with van der Waals surface area (Å²) in [5.74, 6) is 0.176. The predicted octanol–water partition coefficient (Wildman–Crippen LogP) is 3.28. The molecule has 0 saturated carbocycles.